The van der Waals surface area contributed by atoms with E-state index in [-0.39, 0.29) is 5.91 Å². The topological polar surface area (TPSA) is 53.3 Å². The second kappa shape index (κ2) is 10.2. The van der Waals surface area contributed by atoms with E-state index in [2.05, 4.69) is 13.0 Å². The molecule has 1 unspecified atom stereocenters. The molecule has 2 aromatic rings. The smallest absolute Gasteiger partial charge is 0.263 e. The third-order valence-electron chi connectivity index (χ3n) is 4.31. The molecule has 1 atom stereocenters. The van der Waals surface area contributed by atoms with E-state index in [1.165, 1.54) is 11.1 Å². The summed E-state index contributed by atoms with van der Waals surface area (Å²) in [5.41, 5.74) is 2.40. The highest BCUT2D eigenvalue weighted by atomic mass is 16.5. The molecule has 1 amide bonds. The molecule has 0 fully saturated rings. The molecule has 0 heterocycles. The van der Waals surface area contributed by atoms with Crippen LogP contribution in [-0.2, 0) is 17.6 Å². The zero-order valence-corrected chi connectivity index (χ0v) is 15.5. The van der Waals surface area contributed by atoms with Crippen molar-refractivity contribution in [2.45, 2.75) is 39.2 Å². The van der Waals surface area contributed by atoms with Crippen molar-refractivity contribution in [1.82, 2.24) is 4.90 Å². The molecule has 0 aromatic heterocycles. The maximum Gasteiger partial charge on any atom is 0.263 e. The van der Waals surface area contributed by atoms with Crippen LogP contribution in [0.25, 0.3) is 0 Å². The number of hydrogen-bond acceptors (Lipinski definition) is 3. The predicted molar refractivity (Wildman–Crippen MR) is 103 cm³/mol. The normalized spacial score (nSPS) is 11.4. The number of nitrogens with zero attached hydrogens (tertiary/aromatic N) is 2. The molecule has 0 aliphatic heterocycles. The van der Waals surface area contributed by atoms with Crippen molar-refractivity contribution in [3.8, 4) is 11.8 Å². The van der Waals surface area contributed by atoms with E-state index in [1.54, 1.807) is 11.8 Å². The summed E-state index contributed by atoms with van der Waals surface area (Å²) in [5, 5.41) is 8.89. The maximum absolute atomic E-state index is 12.8. The van der Waals surface area contributed by atoms with Crippen LogP contribution >= 0.6 is 0 Å². The largest absolute Gasteiger partial charge is 0.481 e. The van der Waals surface area contributed by atoms with Gasteiger partial charge in [0, 0.05) is 13.1 Å². The molecule has 0 bridgehead atoms. The summed E-state index contributed by atoms with van der Waals surface area (Å²) >= 11 is 0. The quantitative estimate of drug-likeness (QED) is 0.687. The molecule has 0 radical (unpaired) electrons. The first-order chi connectivity index (χ1) is 12.6. The first-order valence-corrected chi connectivity index (χ1v) is 9.09. The van der Waals surface area contributed by atoms with Crippen LogP contribution in [0.15, 0.2) is 54.6 Å². The van der Waals surface area contributed by atoms with Crippen molar-refractivity contribution in [2.75, 3.05) is 13.1 Å². The molecule has 0 aliphatic carbocycles. The molecule has 0 N–H and O–H groups in total. The van der Waals surface area contributed by atoms with Gasteiger partial charge in [-0.3, -0.25) is 4.79 Å². The number of ether oxygens (including phenoxy) is 1. The van der Waals surface area contributed by atoms with E-state index in [0.717, 1.165) is 12.8 Å². The van der Waals surface area contributed by atoms with Crippen molar-refractivity contribution in [3.63, 3.8) is 0 Å². The number of benzene rings is 2. The Morgan fingerprint density at radius 1 is 1.08 bits per heavy atom. The molecule has 2 rings (SSSR count). The van der Waals surface area contributed by atoms with Crippen LogP contribution in [0.5, 0.6) is 5.75 Å². The molecule has 0 aliphatic rings. The second-order valence-corrected chi connectivity index (χ2v) is 6.23. The average Bonchev–Trinajstić information content (AvgIpc) is 2.69. The van der Waals surface area contributed by atoms with Crippen LogP contribution in [0.4, 0.5) is 0 Å². The number of carbonyl (C=O) groups excluding carboxylic acids is 1. The maximum atomic E-state index is 12.8. The van der Waals surface area contributed by atoms with Gasteiger partial charge in [-0.25, -0.2) is 0 Å². The predicted octanol–water partition coefficient (Wildman–Crippen LogP) is 4.00. The molecule has 136 valence electrons. The van der Waals surface area contributed by atoms with Crippen LogP contribution in [0, 0.1) is 11.3 Å². The fourth-order valence-electron chi connectivity index (χ4n) is 2.74. The fraction of sp³-hybridized carbons (Fsp3) is 0.364. The average molecular weight is 350 g/mol. The molecular formula is C22H26N2O2. The highest BCUT2D eigenvalue weighted by Crippen LogP contribution is 2.15. The van der Waals surface area contributed by atoms with E-state index in [1.807, 2.05) is 54.6 Å². The minimum absolute atomic E-state index is 0.0873. The minimum atomic E-state index is -0.586. The lowest BCUT2D eigenvalue weighted by molar-refractivity contribution is -0.137. The number of nitriles is 1. The number of aryl methyl sites for hydroxylation is 1. The Morgan fingerprint density at radius 2 is 1.77 bits per heavy atom. The molecule has 0 spiro atoms. The summed E-state index contributed by atoms with van der Waals surface area (Å²) < 4.78 is 5.81. The Hall–Kier alpha value is -2.80. The molecule has 0 saturated heterocycles. The first-order valence-electron chi connectivity index (χ1n) is 9.09. The lowest BCUT2D eigenvalue weighted by atomic mass is 10.1. The lowest BCUT2D eigenvalue weighted by Crippen LogP contribution is -2.42. The summed E-state index contributed by atoms with van der Waals surface area (Å²) in [7, 11) is 0. The molecule has 0 saturated carbocycles. The highest BCUT2D eigenvalue weighted by Gasteiger charge is 2.21. The molecule has 26 heavy (non-hydrogen) atoms. The van der Waals surface area contributed by atoms with Gasteiger partial charge < -0.3 is 9.64 Å². The van der Waals surface area contributed by atoms with Gasteiger partial charge in [0.25, 0.3) is 5.91 Å². The van der Waals surface area contributed by atoms with Gasteiger partial charge in [0.1, 0.15) is 5.75 Å². The SMILES string of the molecule is CCc1ccc(OC(C)C(=O)N(CCC#N)CCc2ccccc2)cc1. The third kappa shape index (κ3) is 5.93. The van der Waals surface area contributed by atoms with Crippen molar-refractivity contribution in [1.29, 1.82) is 5.26 Å². The molecular weight excluding hydrogens is 324 g/mol. The Balaban J connectivity index is 1.97. The van der Waals surface area contributed by atoms with E-state index in [0.29, 0.717) is 25.3 Å². The van der Waals surface area contributed by atoms with Crippen LogP contribution in [0.3, 0.4) is 0 Å². The second-order valence-electron chi connectivity index (χ2n) is 6.23. The standard InChI is InChI=1S/C22H26N2O2/c1-3-19-10-12-21(13-11-19)26-18(2)22(25)24(16-7-15-23)17-14-20-8-5-4-6-9-20/h4-6,8-13,18H,3,7,14,16-17H2,1-2H3. The first kappa shape index (κ1) is 19.5. The highest BCUT2D eigenvalue weighted by molar-refractivity contribution is 5.81. The molecule has 4 heteroatoms. The van der Waals surface area contributed by atoms with Crippen LogP contribution in [0.2, 0.25) is 0 Å². The van der Waals surface area contributed by atoms with Crippen molar-refractivity contribution < 1.29 is 9.53 Å². The Bertz CT molecular complexity index is 720. The van der Waals surface area contributed by atoms with Crippen LogP contribution in [-0.4, -0.2) is 30.0 Å². The number of hydrogen-bond donors (Lipinski definition) is 0. The van der Waals surface area contributed by atoms with Crippen molar-refractivity contribution in [3.05, 3.63) is 65.7 Å². The Labute approximate surface area is 156 Å². The zero-order chi connectivity index (χ0) is 18.8. The monoisotopic (exact) mass is 350 g/mol. The van der Waals surface area contributed by atoms with Gasteiger partial charge in [-0.15, -0.1) is 0 Å². The summed E-state index contributed by atoms with van der Waals surface area (Å²) in [4.78, 5) is 14.5. The van der Waals surface area contributed by atoms with E-state index >= 15 is 0 Å². The minimum Gasteiger partial charge on any atom is -0.481 e. The molecule has 4 nitrogen and oxygen atoms in total. The summed E-state index contributed by atoms with van der Waals surface area (Å²) in [6.07, 6.45) is 1.46. The summed E-state index contributed by atoms with van der Waals surface area (Å²) in [6, 6.07) is 20.0. The van der Waals surface area contributed by atoms with Crippen LogP contribution < -0.4 is 4.74 Å². The van der Waals surface area contributed by atoms with E-state index in [4.69, 9.17) is 10.00 Å². The van der Waals surface area contributed by atoms with E-state index < -0.39 is 6.10 Å². The van der Waals surface area contributed by atoms with Gasteiger partial charge in [0.05, 0.1) is 12.5 Å². The Kier molecular flexibility index (Phi) is 7.70. The van der Waals surface area contributed by atoms with Crippen molar-refractivity contribution in [2.24, 2.45) is 0 Å². The summed E-state index contributed by atoms with van der Waals surface area (Å²) in [5.74, 6) is 0.599. The van der Waals surface area contributed by atoms with Gasteiger partial charge in [-0.05, 0) is 43.0 Å². The summed E-state index contributed by atoms with van der Waals surface area (Å²) in [6.45, 7) is 4.86. The van der Waals surface area contributed by atoms with E-state index in [9.17, 15) is 4.79 Å². The molecule has 2 aromatic carbocycles. The van der Waals surface area contributed by atoms with Gasteiger partial charge in [-0.2, -0.15) is 5.26 Å². The number of amides is 1. The number of rotatable bonds is 9. The third-order valence-corrected chi connectivity index (χ3v) is 4.31. The zero-order valence-electron chi connectivity index (χ0n) is 15.5. The van der Waals surface area contributed by atoms with Gasteiger partial charge in [0.15, 0.2) is 6.10 Å². The lowest BCUT2D eigenvalue weighted by Gasteiger charge is -2.25. The number of carbonyl (C=O) groups is 1. The van der Waals surface area contributed by atoms with Gasteiger partial charge in [-0.1, -0.05) is 49.4 Å². The Morgan fingerprint density at radius 3 is 2.38 bits per heavy atom. The van der Waals surface area contributed by atoms with Gasteiger partial charge in [0.2, 0.25) is 0 Å². The fourth-order valence-corrected chi connectivity index (χ4v) is 2.74. The van der Waals surface area contributed by atoms with Crippen molar-refractivity contribution >= 4 is 5.91 Å². The van der Waals surface area contributed by atoms with Gasteiger partial charge >= 0.3 is 0 Å². The van der Waals surface area contributed by atoms with Crippen LogP contribution in [0.1, 0.15) is 31.4 Å².